The van der Waals surface area contributed by atoms with Gasteiger partial charge in [0.25, 0.3) is 0 Å². The lowest BCUT2D eigenvalue weighted by atomic mass is 10.00. The molecule has 22 aromatic rings. The minimum Gasteiger partial charge on any atom is -0.256 e. The third-order valence-electron chi connectivity index (χ3n) is 21.4. The van der Waals surface area contributed by atoms with Crippen LogP contribution in [0.5, 0.6) is 0 Å². The summed E-state index contributed by atoms with van der Waals surface area (Å²) in [4.78, 5) is 45.6. The van der Waals surface area contributed by atoms with Gasteiger partial charge in [-0.1, -0.05) is 261 Å². The van der Waals surface area contributed by atoms with Crippen molar-refractivity contribution >= 4 is 109 Å². The van der Waals surface area contributed by atoms with Gasteiger partial charge in [0.2, 0.25) is 0 Å². The molecular weight excluding hydrogens is 1360 g/mol. The second-order valence-electron chi connectivity index (χ2n) is 28.5. The summed E-state index contributed by atoms with van der Waals surface area (Å²) in [7, 11) is 0. The fourth-order valence-electron chi connectivity index (χ4n) is 15.5. The molecule has 0 aliphatic rings. The smallest absolute Gasteiger partial charge is 0.0972 e. The van der Waals surface area contributed by atoms with Gasteiger partial charge in [0.1, 0.15) is 0 Å². The number of hydrogen-bond donors (Lipinski definition) is 0. The van der Waals surface area contributed by atoms with E-state index in [2.05, 4.69) is 327 Å². The predicted octanol–water partition coefficient (Wildman–Crippen LogP) is 26.1. The number of fused-ring (bicyclic) bond motifs is 12. The van der Waals surface area contributed by atoms with Crippen molar-refractivity contribution in [1.82, 2.24) is 44.9 Å². The SMILES string of the molecule is c1ccc(-c2ccc3ccc4ccc(-c5cccc(-c6ccc7cc(-c8ccc9ccc(-c%10ccc%11ccccc%11c%10)nc9c8)ccc7n6)c5)nc4c3n2)cc1.c1ccc(-c2ccc3ccc4ccc(-c5cccc(-c6ccc7cc(-c8ccc9ccc(-c%10cnc%11ccccc%11c%10)nc9c8)ccc7n6)c5)nc4c3n2)cc1. The Balaban J connectivity index is 0.000000141. The van der Waals surface area contributed by atoms with Crippen molar-refractivity contribution in [2.45, 2.75) is 0 Å². The molecule has 9 heteroatoms. The van der Waals surface area contributed by atoms with Gasteiger partial charge in [-0.15, -0.1) is 0 Å². The second-order valence-corrected chi connectivity index (χ2v) is 28.5. The zero-order valence-corrected chi connectivity index (χ0v) is 60.4. The number of hydrogen-bond acceptors (Lipinski definition) is 9. The highest BCUT2D eigenvalue weighted by Gasteiger charge is 2.16. The number of pyridine rings is 9. The summed E-state index contributed by atoms with van der Waals surface area (Å²) in [6.45, 7) is 0. The van der Waals surface area contributed by atoms with E-state index >= 15 is 0 Å². The standard InChI is InChI=1S/C52H32N4.C51H31N5/c1-2-8-34(9-3-1)45-25-20-36-15-16-37-21-26-49(56-52(37)51(36)55-45)42-12-6-11-41(31-42)46-28-23-44-30-39(22-27-47(44)53-46)40-17-14-35-19-24-48(54-50(35)32-40)43-18-13-33-7-4-5-10-38(33)29-43;1-2-7-32(8-3-1)44-23-18-34-14-15-35-19-24-47(56-51(35)50(34)55-44)40-11-6-10-39(28-40)45-26-21-41-27-36(20-25-46(41)53-45)37-16-13-33-17-22-48(54-49(33)30-37)42-29-38-9-4-5-12-43(38)52-31-42/h1-32H;1-31H. The first-order valence-electron chi connectivity index (χ1n) is 37.6. The van der Waals surface area contributed by atoms with Crippen molar-refractivity contribution < 1.29 is 0 Å². The molecule has 0 unspecified atom stereocenters. The highest BCUT2D eigenvalue weighted by molar-refractivity contribution is 6.06. The molecule has 520 valence electrons. The largest absolute Gasteiger partial charge is 0.256 e. The minimum absolute atomic E-state index is 0.896. The lowest BCUT2D eigenvalue weighted by Crippen LogP contribution is -1.91. The molecule has 112 heavy (non-hydrogen) atoms. The average molecular weight is 1430 g/mol. The molecule has 0 bridgehead atoms. The zero-order chi connectivity index (χ0) is 74.0. The molecule has 0 amide bonds. The molecule has 9 aromatic heterocycles. The monoisotopic (exact) mass is 1430 g/mol. The van der Waals surface area contributed by atoms with Gasteiger partial charge in [0, 0.05) is 99.2 Å². The Kier molecular flexibility index (Phi) is 16.0. The summed E-state index contributed by atoms with van der Waals surface area (Å²) in [5.74, 6) is 0. The summed E-state index contributed by atoms with van der Waals surface area (Å²) in [5.41, 5.74) is 28.7. The number of benzene rings is 13. The van der Waals surface area contributed by atoms with E-state index in [9.17, 15) is 0 Å². The molecule has 0 fully saturated rings. The third kappa shape index (κ3) is 12.5. The normalized spacial score (nSPS) is 11.6. The lowest BCUT2D eigenvalue weighted by Gasteiger charge is -2.10. The molecular formula is C103H63N9. The van der Waals surface area contributed by atoms with Crippen molar-refractivity contribution in [3.8, 4) is 112 Å². The van der Waals surface area contributed by atoms with Gasteiger partial charge < -0.3 is 0 Å². The van der Waals surface area contributed by atoms with E-state index < -0.39 is 0 Å². The number of nitrogens with zero attached hydrogens (tertiary/aromatic N) is 9. The summed E-state index contributed by atoms with van der Waals surface area (Å²) >= 11 is 0. The van der Waals surface area contributed by atoms with Crippen LogP contribution in [0.3, 0.4) is 0 Å². The van der Waals surface area contributed by atoms with Crippen LogP contribution in [0.1, 0.15) is 0 Å². The Morgan fingerprint density at radius 2 is 0.402 bits per heavy atom. The Morgan fingerprint density at radius 3 is 0.866 bits per heavy atom. The van der Waals surface area contributed by atoms with Gasteiger partial charge in [-0.25, -0.2) is 39.9 Å². The first-order chi connectivity index (χ1) is 55.4. The maximum Gasteiger partial charge on any atom is 0.0972 e. The van der Waals surface area contributed by atoms with E-state index in [4.69, 9.17) is 39.9 Å². The summed E-state index contributed by atoms with van der Waals surface area (Å²) < 4.78 is 0. The fourth-order valence-corrected chi connectivity index (χ4v) is 15.5. The van der Waals surface area contributed by atoms with Crippen molar-refractivity contribution in [2.24, 2.45) is 0 Å². The molecule has 9 nitrogen and oxygen atoms in total. The zero-order valence-electron chi connectivity index (χ0n) is 60.4. The van der Waals surface area contributed by atoms with Crippen molar-refractivity contribution in [2.75, 3.05) is 0 Å². The Morgan fingerprint density at radius 1 is 0.125 bits per heavy atom. The number of para-hydroxylation sites is 1. The molecule has 0 radical (unpaired) electrons. The highest BCUT2D eigenvalue weighted by atomic mass is 14.8. The molecule has 13 aromatic carbocycles. The molecule has 0 N–H and O–H groups in total. The molecule has 0 atom stereocenters. The quantitative estimate of drug-likeness (QED) is 0.123. The molecule has 9 heterocycles. The average Bonchev–Trinajstić information content (AvgIpc) is 0.781. The van der Waals surface area contributed by atoms with Crippen LogP contribution in [-0.4, -0.2) is 44.9 Å². The van der Waals surface area contributed by atoms with E-state index in [0.717, 1.165) is 210 Å². The molecule has 22 rings (SSSR count). The van der Waals surface area contributed by atoms with Crippen LogP contribution in [0.25, 0.3) is 221 Å². The van der Waals surface area contributed by atoms with E-state index in [1.165, 1.54) is 10.8 Å². The maximum atomic E-state index is 5.19. The van der Waals surface area contributed by atoms with E-state index in [0.29, 0.717) is 0 Å². The maximum absolute atomic E-state index is 5.19. The van der Waals surface area contributed by atoms with Crippen molar-refractivity contribution in [3.63, 3.8) is 0 Å². The first kappa shape index (κ1) is 65.1. The van der Waals surface area contributed by atoms with Crippen LogP contribution in [0.2, 0.25) is 0 Å². The van der Waals surface area contributed by atoms with Crippen LogP contribution in [0, 0.1) is 0 Å². The third-order valence-corrected chi connectivity index (χ3v) is 21.4. The Hall–Kier alpha value is -15.2. The predicted molar refractivity (Wildman–Crippen MR) is 462 cm³/mol. The van der Waals surface area contributed by atoms with Crippen molar-refractivity contribution in [1.29, 1.82) is 0 Å². The summed E-state index contributed by atoms with van der Waals surface area (Å²) in [6, 6.07) is 131. The first-order valence-corrected chi connectivity index (χ1v) is 37.6. The van der Waals surface area contributed by atoms with Crippen LogP contribution < -0.4 is 0 Å². The van der Waals surface area contributed by atoms with Crippen molar-refractivity contribution in [3.05, 3.63) is 382 Å². The van der Waals surface area contributed by atoms with Crippen LogP contribution >= 0.6 is 0 Å². The Bertz CT molecular complexity index is 7080. The number of aromatic nitrogens is 9. The Labute approximate surface area is 644 Å². The fraction of sp³-hybridized carbons (Fsp3) is 0. The van der Waals surface area contributed by atoms with Crippen LogP contribution in [0.4, 0.5) is 0 Å². The van der Waals surface area contributed by atoms with Gasteiger partial charge in [-0.05, 0) is 148 Å². The lowest BCUT2D eigenvalue weighted by molar-refractivity contribution is 1.35. The molecule has 0 aliphatic heterocycles. The van der Waals surface area contributed by atoms with Gasteiger partial charge in [-0.3, -0.25) is 4.98 Å². The van der Waals surface area contributed by atoms with Gasteiger partial charge in [0.15, 0.2) is 0 Å². The van der Waals surface area contributed by atoms with Crippen LogP contribution in [0.15, 0.2) is 382 Å². The summed E-state index contributed by atoms with van der Waals surface area (Å²) in [6.07, 6.45) is 1.90. The van der Waals surface area contributed by atoms with Crippen LogP contribution in [-0.2, 0) is 0 Å². The van der Waals surface area contributed by atoms with E-state index in [-0.39, 0.29) is 0 Å². The summed E-state index contributed by atoms with van der Waals surface area (Å²) in [5, 5.41) is 12.2. The molecule has 0 saturated heterocycles. The van der Waals surface area contributed by atoms with Gasteiger partial charge in [-0.2, -0.15) is 0 Å². The molecule has 0 saturated carbocycles. The molecule has 0 spiro atoms. The minimum atomic E-state index is 0.896. The topological polar surface area (TPSA) is 116 Å². The van der Waals surface area contributed by atoms with Gasteiger partial charge in [0.05, 0.1) is 95.2 Å². The van der Waals surface area contributed by atoms with Gasteiger partial charge >= 0.3 is 0 Å². The van der Waals surface area contributed by atoms with E-state index in [1.807, 2.05) is 60.8 Å². The second kappa shape index (κ2) is 27.5. The number of rotatable bonds is 10. The highest BCUT2D eigenvalue weighted by Crippen LogP contribution is 2.38. The van der Waals surface area contributed by atoms with E-state index in [1.54, 1.807) is 0 Å². The molecule has 0 aliphatic carbocycles.